The first kappa shape index (κ1) is 26.6. The Morgan fingerprint density at radius 3 is 1.69 bits per heavy atom. The molecule has 1 unspecified atom stereocenters. The molecule has 3 rings (SSSR count). The quantitative estimate of drug-likeness (QED) is 0.183. The maximum atomic E-state index is 13.7. The summed E-state index contributed by atoms with van der Waals surface area (Å²) in [4.78, 5) is 0.619. The van der Waals surface area contributed by atoms with Gasteiger partial charge in [-0.3, -0.25) is 0 Å². The van der Waals surface area contributed by atoms with Crippen molar-refractivity contribution >= 4 is 58.5 Å². The largest absolute Gasteiger partial charge is 0.422 e. The van der Waals surface area contributed by atoms with Crippen LogP contribution in [0.15, 0.2) is 31.3 Å². The van der Waals surface area contributed by atoms with Crippen molar-refractivity contribution in [3.63, 3.8) is 0 Å². The second-order valence-corrected chi connectivity index (χ2v) is 15.7. The standard InChI is InChI=1S/C15H8F12S5/c1-4-3-6-7(5(2)31-32(6)30-4)11(10(14(22,23)24)15(25,26)27)28-9(29-11)8(12(16,17)18)13(19,20)21/h3,10H,1-2H3. The number of hydrogen-bond donors (Lipinski definition) is 0. The van der Waals surface area contributed by atoms with Gasteiger partial charge in [-0.1, -0.05) is 53.7 Å². The molecule has 0 saturated carbocycles. The molecule has 32 heavy (non-hydrogen) atoms. The third-order valence-electron chi connectivity index (χ3n) is 4.16. The number of thioether (sulfide) groups is 2. The Morgan fingerprint density at radius 2 is 1.28 bits per heavy atom. The minimum absolute atomic E-state index is 0.00213. The van der Waals surface area contributed by atoms with E-state index in [4.69, 9.17) is 0 Å². The number of rotatable bonds is 2. The van der Waals surface area contributed by atoms with Crippen molar-refractivity contribution in [3.8, 4) is 0 Å². The Bertz CT molecular complexity index is 919. The van der Waals surface area contributed by atoms with E-state index in [1.165, 1.54) is 13.0 Å². The van der Waals surface area contributed by atoms with Crippen LogP contribution in [0.25, 0.3) is 0 Å². The molecule has 1 atom stereocenters. The van der Waals surface area contributed by atoms with E-state index in [-0.39, 0.29) is 9.77 Å². The zero-order valence-corrected chi connectivity index (χ0v) is 19.3. The van der Waals surface area contributed by atoms with Crippen LogP contribution in [0.4, 0.5) is 52.7 Å². The summed E-state index contributed by atoms with van der Waals surface area (Å²) in [6, 6.07) is 0. The first-order valence-corrected chi connectivity index (χ1v) is 13.5. The Labute approximate surface area is 190 Å². The Kier molecular flexibility index (Phi) is 6.66. The second-order valence-electron chi connectivity index (χ2n) is 6.50. The fourth-order valence-corrected chi connectivity index (χ4v) is 14.7. The van der Waals surface area contributed by atoms with Crippen molar-refractivity contribution in [3.05, 3.63) is 31.3 Å². The van der Waals surface area contributed by atoms with E-state index in [0.29, 0.717) is 4.91 Å². The zero-order valence-electron chi connectivity index (χ0n) is 15.2. The van der Waals surface area contributed by atoms with Crippen molar-refractivity contribution in [1.29, 1.82) is 0 Å². The molecule has 0 radical (unpaired) electrons. The van der Waals surface area contributed by atoms with E-state index in [2.05, 4.69) is 0 Å². The van der Waals surface area contributed by atoms with E-state index < -0.39 is 82.2 Å². The SMILES string of the molecule is CC1=CC2=S(S1)SC(C)=C2C1(C(C(F)(F)F)C(F)(F)F)SC(=C(C(F)(F)F)C(F)(F)F)S1. The summed E-state index contributed by atoms with van der Waals surface area (Å²) >= 11 is -1.34. The maximum Gasteiger partial charge on any atom is 0.422 e. The smallest absolute Gasteiger partial charge is 0.170 e. The molecular formula is C15H8F12S5. The lowest BCUT2D eigenvalue weighted by Gasteiger charge is -2.50. The number of hydrogen-bond acceptors (Lipinski definition) is 4. The van der Waals surface area contributed by atoms with Crippen molar-refractivity contribution in [2.24, 2.45) is 5.92 Å². The molecule has 0 aromatic rings. The van der Waals surface area contributed by atoms with E-state index >= 15 is 0 Å². The molecule has 3 heterocycles. The van der Waals surface area contributed by atoms with Gasteiger partial charge in [0, 0.05) is 10.4 Å². The predicted molar refractivity (Wildman–Crippen MR) is 107 cm³/mol. The highest BCUT2D eigenvalue weighted by atomic mass is 33.5. The van der Waals surface area contributed by atoms with Gasteiger partial charge in [0.1, 0.15) is 4.08 Å². The van der Waals surface area contributed by atoms with Crippen LogP contribution in [0.2, 0.25) is 0 Å². The van der Waals surface area contributed by atoms with Crippen molar-refractivity contribution in [2.45, 2.75) is 42.6 Å². The molecule has 0 N–H and O–H groups in total. The van der Waals surface area contributed by atoms with Crippen LogP contribution >= 0.6 is 53.7 Å². The Hall–Kier alpha value is -0.000000000000000222. The molecule has 0 nitrogen and oxygen atoms in total. The lowest BCUT2D eigenvalue weighted by Crippen LogP contribution is -2.55. The topological polar surface area (TPSA) is 0 Å². The van der Waals surface area contributed by atoms with Crippen LogP contribution in [0, 0.1) is 5.92 Å². The van der Waals surface area contributed by atoms with Gasteiger partial charge in [-0.05, 0) is 29.7 Å². The predicted octanol–water partition coefficient (Wildman–Crippen LogP) is 9.18. The van der Waals surface area contributed by atoms with Crippen LogP contribution in [-0.4, -0.2) is 33.6 Å². The number of alkyl halides is 12. The molecule has 0 amide bonds. The summed E-state index contributed by atoms with van der Waals surface area (Å²) in [6.07, 6.45) is -22.7. The van der Waals surface area contributed by atoms with Gasteiger partial charge in [0.25, 0.3) is 0 Å². The average molecular weight is 577 g/mol. The van der Waals surface area contributed by atoms with Crippen LogP contribution in [0.3, 0.4) is 0 Å². The van der Waals surface area contributed by atoms with Gasteiger partial charge in [0.05, 0.1) is 4.24 Å². The van der Waals surface area contributed by atoms with Crippen LogP contribution in [-0.2, 0) is 0 Å². The molecule has 3 aliphatic heterocycles. The first-order chi connectivity index (χ1) is 14.2. The molecule has 182 valence electrons. The van der Waals surface area contributed by atoms with Gasteiger partial charge >= 0.3 is 24.7 Å². The van der Waals surface area contributed by atoms with Crippen LogP contribution < -0.4 is 0 Å². The molecular weight excluding hydrogens is 568 g/mol. The fourth-order valence-electron chi connectivity index (χ4n) is 3.14. The summed E-state index contributed by atoms with van der Waals surface area (Å²) in [5.74, 6) is -4.19. The monoisotopic (exact) mass is 576 g/mol. The van der Waals surface area contributed by atoms with Crippen molar-refractivity contribution < 1.29 is 52.7 Å². The molecule has 17 heteroatoms. The van der Waals surface area contributed by atoms with E-state index in [9.17, 15) is 52.7 Å². The third kappa shape index (κ3) is 4.61. The van der Waals surface area contributed by atoms with Gasteiger partial charge in [-0.25, -0.2) is 0 Å². The second kappa shape index (κ2) is 8.01. The third-order valence-corrected chi connectivity index (χ3v) is 14.0. The van der Waals surface area contributed by atoms with Crippen molar-refractivity contribution in [1.82, 2.24) is 0 Å². The summed E-state index contributed by atoms with van der Waals surface area (Å²) in [7, 11) is 1.16. The minimum atomic E-state index is -6.02. The Balaban J connectivity index is 2.26. The molecule has 1 saturated heterocycles. The molecule has 0 aromatic carbocycles. The molecule has 0 bridgehead atoms. The molecule has 1 fully saturated rings. The number of allylic oxidation sites excluding steroid dienone is 4. The van der Waals surface area contributed by atoms with E-state index in [1.807, 2.05) is 0 Å². The van der Waals surface area contributed by atoms with Gasteiger partial charge in [0.15, 0.2) is 11.5 Å². The lowest BCUT2D eigenvalue weighted by atomic mass is 9.93. The van der Waals surface area contributed by atoms with Crippen LogP contribution in [0.1, 0.15) is 13.8 Å². The highest BCUT2D eigenvalue weighted by Crippen LogP contribution is 2.77. The molecule has 0 aromatic heterocycles. The molecule has 3 aliphatic rings. The minimum Gasteiger partial charge on any atom is -0.170 e. The summed E-state index contributed by atoms with van der Waals surface area (Å²) in [5.41, 5.74) is -3.63. The van der Waals surface area contributed by atoms with Crippen molar-refractivity contribution in [2.75, 3.05) is 0 Å². The fraction of sp³-hybridized carbons (Fsp3) is 0.533. The van der Waals surface area contributed by atoms with E-state index in [0.717, 1.165) is 21.6 Å². The summed E-state index contributed by atoms with van der Waals surface area (Å²) in [5, 5.41) is 0. The normalized spacial score (nSPS) is 27.2. The van der Waals surface area contributed by atoms with Gasteiger partial charge in [-0.2, -0.15) is 52.7 Å². The maximum absolute atomic E-state index is 13.7. The summed E-state index contributed by atoms with van der Waals surface area (Å²) < 4.78 is 155. The zero-order chi connectivity index (χ0) is 24.7. The number of halogens is 12. The molecule has 0 aliphatic carbocycles. The van der Waals surface area contributed by atoms with Crippen LogP contribution in [0.5, 0.6) is 0 Å². The Morgan fingerprint density at radius 1 is 0.812 bits per heavy atom. The van der Waals surface area contributed by atoms with Gasteiger partial charge in [-0.15, -0.1) is 0 Å². The highest BCUT2D eigenvalue weighted by molar-refractivity contribution is 9.17. The van der Waals surface area contributed by atoms with Gasteiger partial charge in [0.2, 0.25) is 0 Å². The highest BCUT2D eigenvalue weighted by Gasteiger charge is 2.74. The molecule has 0 spiro atoms. The summed E-state index contributed by atoms with van der Waals surface area (Å²) in [6.45, 7) is 2.76. The first-order valence-electron chi connectivity index (χ1n) is 7.97. The lowest BCUT2D eigenvalue weighted by molar-refractivity contribution is -0.283. The van der Waals surface area contributed by atoms with Gasteiger partial charge < -0.3 is 0 Å². The van der Waals surface area contributed by atoms with E-state index in [1.54, 1.807) is 6.92 Å². The average Bonchev–Trinajstić information content (AvgIpc) is 2.92.